The predicted molar refractivity (Wildman–Crippen MR) is 114 cm³/mol. The summed E-state index contributed by atoms with van der Waals surface area (Å²) in [6, 6.07) is 18.7. The Hall–Kier alpha value is -3.93. The van der Waals surface area contributed by atoms with E-state index in [4.69, 9.17) is 11.5 Å². The van der Waals surface area contributed by atoms with Gasteiger partial charge in [0.05, 0.1) is 5.39 Å². The molecule has 0 radical (unpaired) electrons. The number of hydrogen-bond donors (Lipinski definition) is 2. The van der Waals surface area contributed by atoms with E-state index in [2.05, 4.69) is 80.5 Å². The van der Waals surface area contributed by atoms with Gasteiger partial charge in [0.15, 0.2) is 5.65 Å². The molecule has 0 saturated heterocycles. The van der Waals surface area contributed by atoms with E-state index in [-0.39, 0.29) is 5.95 Å². The van der Waals surface area contributed by atoms with Crippen LogP contribution in [0.1, 0.15) is 16.7 Å². The third-order valence-corrected chi connectivity index (χ3v) is 4.89. The Morgan fingerprint density at radius 1 is 0.821 bits per heavy atom. The van der Waals surface area contributed by atoms with Gasteiger partial charge in [0.2, 0.25) is 5.95 Å². The van der Waals surface area contributed by atoms with Crippen LogP contribution in [0.4, 0.5) is 23.1 Å². The molecule has 1 aliphatic heterocycles. The number of nitrogens with two attached hydrogens (primary N) is 2. The molecule has 2 aromatic carbocycles. The van der Waals surface area contributed by atoms with Crippen LogP contribution in [0.25, 0.3) is 23.2 Å². The number of fused-ring (bicyclic) bond motifs is 3. The zero-order valence-electron chi connectivity index (χ0n) is 15.1. The van der Waals surface area contributed by atoms with Crippen molar-refractivity contribution in [1.29, 1.82) is 0 Å². The van der Waals surface area contributed by atoms with Crippen LogP contribution >= 0.6 is 0 Å². The lowest BCUT2D eigenvalue weighted by atomic mass is 10.1. The minimum atomic E-state index is 0.131. The summed E-state index contributed by atoms with van der Waals surface area (Å²) >= 11 is 0. The van der Waals surface area contributed by atoms with Gasteiger partial charge in [0.1, 0.15) is 5.82 Å². The summed E-state index contributed by atoms with van der Waals surface area (Å²) in [7, 11) is 0. The van der Waals surface area contributed by atoms with E-state index in [0.29, 0.717) is 23.4 Å². The molecular formula is C22H18N6. The van der Waals surface area contributed by atoms with Crippen molar-refractivity contribution in [2.75, 3.05) is 16.4 Å². The van der Waals surface area contributed by atoms with Gasteiger partial charge in [-0.05, 0) is 34.9 Å². The first-order valence-corrected chi connectivity index (χ1v) is 9.00. The van der Waals surface area contributed by atoms with Gasteiger partial charge in [-0.15, -0.1) is 0 Å². The molecule has 0 saturated carbocycles. The molecule has 4 aromatic rings. The Labute approximate surface area is 162 Å². The summed E-state index contributed by atoms with van der Waals surface area (Å²) in [5, 5.41) is 0.709. The van der Waals surface area contributed by atoms with Crippen molar-refractivity contribution in [3.05, 3.63) is 77.5 Å². The molecule has 0 aliphatic carbocycles. The number of rotatable bonds is 2. The summed E-state index contributed by atoms with van der Waals surface area (Å²) in [5.74, 6) is 0.474. The summed E-state index contributed by atoms with van der Waals surface area (Å²) < 4.78 is 0. The lowest BCUT2D eigenvalue weighted by Crippen LogP contribution is -2.18. The lowest BCUT2D eigenvalue weighted by Gasteiger charge is -2.27. The van der Waals surface area contributed by atoms with Crippen LogP contribution in [0, 0.1) is 0 Å². The van der Waals surface area contributed by atoms with Gasteiger partial charge in [-0.25, -0.2) is 4.98 Å². The smallest absolute Gasteiger partial charge is 0.224 e. The van der Waals surface area contributed by atoms with Gasteiger partial charge in [-0.2, -0.15) is 9.97 Å². The molecular weight excluding hydrogens is 348 g/mol. The zero-order chi connectivity index (χ0) is 19.1. The largest absolute Gasteiger partial charge is 0.383 e. The molecule has 6 heteroatoms. The average molecular weight is 366 g/mol. The molecule has 0 amide bonds. The molecule has 6 nitrogen and oxygen atoms in total. The van der Waals surface area contributed by atoms with E-state index >= 15 is 0 Å². The Balaban J connectivity index is 1.63. The standard InChI is InChI=1S/C22H18N6/c23-20-17-11-14(12-25-21(17)27-22(24)26-20)13-28-18-7-3-1-5-15(18)9-10-16-6-2-4-8-19(16)28/h1-12H,13H2,(H4,23,24,25,26,27). The van der Waals surface area contributed by atoms with Crippen molar-refractivity contribution in [2.45, 2.75) is 6.54 Å². The minimum Gasteiger partial charge on any atom is -0.383 e. The minimum absolute atomic E-state index is 0.131. The maximum Gasteiger partial charge on any atom is 0.224 e. The van der Waals surface area contributed by atoms with Crippen molar-refractivity contribution in [1.82, 2.24) is 15.0 Å². The molecule has 2 aromatic heterocycles. The second-order valence-electron chi connectivity index (χ2n) is 6.72. The maximum atomic E-state index is 6.04. The number of hydrogen-bond acceptors (Lipinski definition) is 6. The van der Waals surface area contributed by atoms with E-state index < -0.39 is 0 Å². The van der Waals surface area contributed by atoms with Crippen molar-refractivity contribution in [3.8, 4) is 0 Å². The van der Waals surface area contributed by atoms with Crippen LogP contribution < -0.4 is 16.4 Å². The molecule has 3 heterocycles. The van der Waals surface area contributed by atoms with E-state index in [1.54, 1.807) is 0 Å². The van der Waals surface area contributed by atoms with E-state index in [1.165, 1.54) is 11.1 Å². The normalized spacial score (nSPS) is 12.5. The highest BCUT2D eigenvalue weighted by Crippen LogP contribution is 2.37. The fourth-order valence-corrected chi connectivity index (χ4v) is 3.59. The van der Waals surface area contributed by atoms with E-state index in [9.17, 15) is 0 Å². The fraction of sp³-hybridized carbons (Fsp3) is 0.0455. The molecule has 0 unspecified atom stereocenters. The Kier molecular flexibility index (Phi) is 3.69. The van der Waals surface area contributed by atoms with Gasteiger partial charge in [-0.1, -0.05) is 48.6 Å². The number of para-hydroxylation sites is 2. The number of anilines is 4. The second-order valence-corrected chi connectivity index (χ2v) is 6.72. The van der Waals surface area contributed by atoms with Crippen LogP contribution in [0.15, 0.2) is 60.8 Å². The van der Waals surface area contributed by atoms with Crippen LogP contribution in [0.3, 0.4) is 0 Å². The molecule has 0 bridgehead atoms. The van der Waals surface area contributed by atoms with Gasteiger partial charge >= 0.3 is 0 Å². The summed E-state index contributed by atoms with van der Waals surface area (Å²) in [6.45, 7) is 0.641. The summed E-state index contributed by atoms with van der Waals surface area (Å²) in [4.78, 5) is 15.0. The number of nitrogens with zero attached hydrogens (tertiary/aromatic N) is 4. The van der Waals surface area contributed by atoms with Gasteiger partial charge in [-0.3, -0.25) is 0 Å². The second kappa shape index (κ2) is 6.35. The Morgan fingerprint density at radius 2 is 1.46 bits per heavy atom. The third-order valence-electron chi connectivity index (χ3n) is 4.89. The van der Waals surface area contributed by atoms with E-state index in [1.807, 2.05) is 12.3 Å². The predicted octanol–water partition coefficient (Wildman–Crippen LogP) is 4.01. The van der Waals surface area contributed by atoms with Gasteiger partial charge < -0.3 is 16.4 Å². The van der Waals surface area contributed by atoms with Crippen LogP contribution in [-0.4, -0.2) is 15.0 Å². The highest BCUT2D eigenvalue weighted by atomic mass is 15.1. The maximum absolute atomic E-state index is 6.04. The molecule has 0 spiro atoms. The van der Waals surface area contributed by atoms with Gasteiger partial charge in [0.25, 0.3) is 0 Å². The highest BCUT2D eigenvalue weighted by molar-refractivity contribution is 5.89. The van der Waals surface area contributed by atoms with Crippen LogP contribution in [-0.2, 0) is 6.54 Å². The summed E-state index contributed by atoms with van der Waals surface area (Å²) in [6.07, 6.45) is 6.13. The van der Waals surface area contributed by atoms with Crippen molar-refractivity contribution >= 4 is 46.3 Å². The topological polar surface area (TPSA) is 93.9 Å². The molecule has 28 heavy (non-hydrogen) atoms. The van der Waals surface area contributed by atoms with Crippen LogP contribution in [0.5, 0.6) is 0 Å². The molecule has 5 rings (SSSR count). The Bertz CT molecular complexity index is 1180. The molecule has 4 N–H and O–H groups in total. The number of aromatic nitrogens is 3. The van der Waals surface area contributed by atoms with Crippen LogP contribution in [0.2, 0.25) is 0 Å². The Morgan fingerprint density at radius 3 is 2.14 bits per heavy atom. The molecule has 0 fully saturated rings. The first kappa shape index (κ1) is 16.3. The highest BCUT2D eigenvalue weighted by Gasteiger charge is 2.18. The first-order valence-electron chi connectivity index (χ1n) is 9.00. The molecule has 136 valence electrons. The molecule has 0 atom stereocenters. The van der Waals surface area contributed by atoms with Crippen molar-refractivity contribution < 1.29 is 0 Å². The fourth-order valence-electron chi connectivity index (χ4n) is 3.59. The monoisotopic (exact) mass is 366 g/mol. The van der Waals surface area contributed by atoms with Crippen molar-refractivity contribution in [3.63, 3.8) is 0 Å². The first-order chi connectivity index (χ1) is 13.7. The SMILES string of the molecule is Nc1nc(N)c2cc(CN3c4ccccc4C=Cc4ccccc43)cnc2n1. The van der Waals surface area contributed by atoms with Crippen molar-refractivity contribution in [2.24, 2.45) is 0 Å². The lowest BCUT2D eigenvalue weighted by molar-refractivity contribution is 0.966. The number of benzene rings is 2. The van der Waals surface area contributed by atoms with E-state index in [0.717, 1.165) is 16.9 Å². The third kappa shape index (κ3) is 2.72. The van der Waals surface area contributed by atoms with Gasteiger partial charge in [0, 0.05) is 24.1 Å². The summed E-state index contributed by atoms with van der Waals surface area (Å²) in [5.41, 5.74) is 17.9. The average Bonchev–Trinajstić information content (AvgIpc) is 2.86. The quantitative estimate of drug-likeness (QED) is 0.557. The molecule has 1 aliphatic rings. The number of nitrogen functional groups attached to an aromatic ring is 2. The zero-order valence-corrected chi connectivity index (χ0v) is 15.1. The number of pyridine rings is 1.